The summed E-state index contributed by atoms with van der Waals surface area (Å²) >= 11 is 0. The van der Waals surface area contributed by atoms with Crippen LogP contribution in [0.5, 0.6) is 0 Å². The highest BCUT2D eigenvalue weighted by Gasteiger charge is 2.44. The molecule has 0 spiro atoms. The van der Waals surface area contributed by atoms with E-state index < -0.39 is 24.4 Å². The molecule has 1 aliphatic carbocycles. The van der Waals surface area contributed by atoms with E-state index in [2.05, 4.69) is 20.9 Å². The Bertz CT molecular complexity index is 979. The number of carbonyl (C=O) groups excluding carboxylic acids is 2. The molecule has 4 rings (SSSR count). The topological polar surface area (TPSA) is 107 Å². The fourth-order valence-electron chi connectivity index (χ4n) is 5.01. The largest absolute Gasteiger partial charge is 0.372 e. The van der Waals surface area contributed by atoms with Crippen molar-refractivity contribution >= 4 is 23.3 Å². The number of pyridine rings is 1. The molecule has 1 aliphatic heterocycles. The molecule has 0 radical (unpaired) electrons. The van der Waals surface area contributed by atoms with Crippen molar-refractivity contribution in [3.8, 4) is 0 Å². The standard InChI is InChI=1S/C26H35N5O3/c1-17(27-2)24(32)30-22(18-10-5-3-6-11-18)26(34)31-21(16-19-12-9-15-28-23(19)31)25(33)29-20-13-7-4-8-14-20/h4,7-9,12-15,17-18,21-22,25,27,29,33H,3,5-6,10-11,16H2,1-2H3,(H,30,32)/t17-,21+,22-,25?/m0/s1. The van der Waals surface area contributed by atoms with Gasteiger partial charge in [0.2, 0.25) is 5.91 Å². The van der Waals surface area contributed by atoms with E-state index in [1.807, 2.05) is 42.5 Å². The van der Waals surface area contributed by atoms with Crippen molar-refractivity contribution in [1.82, 2.24) is 15.6 Å². The maximum absolute atomic E-state index is 14.1. The number of hydrogen-bond donors (Lipinski definition) is 4. The van der Waals surface area contributed by atoms with Gasteiger partial charge in [-0.15, -0.1) is 0 Å². The number of likely N-dealkylation sites (N-methyl/N-ethyl adjacent to an activating group) is 1. The number of rotatable bonds is 8. The van der Waals surface area contributed by atoms with Gasteiger partial charge in [0.15, 0.2) is 0 Å². The average molecular weight is 466 g/mol. The lowest BCUT2D eigenvalue weighted by Gasteiger charge is -2.36. The van der Waals surface area contributed by atoms with Crippen LogP contribution in [0.25, 0.3) is 0 Å². The first-order valence-electron chi connectivity index (χ1n) is 12.2. The first kappa shape index (κ1) is 24.2. The Hall–Kier alpha value is -2.97. The third-order valence-electron chi connectivity index (χ3n) is 7.06. The molecule has 0 saturated heterocycles. The highest BCUT2D eigenvalue weighted by atomic mass is 16.3. The normalized spacial score (nSPS) is 20.8. The Kier molecular flexibility index (Phi) is 7.80. The molecule has 4 N–H and O–H groups in total. The van der Waals surface area contributed by atoms with Crippen LogP contribution in [0.15, 0.2) is 48.7 Å². The minimum atomic E-state index is -1.00. The van der Waals surface area contributed by atoms with Crippen molar-refractivity contribution in [2.24, 2.45) is 5.92 Å². The summed E-state index contributed by atoms with van der Waals surface area (Å²) in [6, 6.07) is 11.6. The van der Waals surface area contributed by atoms with Crippen molar-refractivity contribution < 1.29 is 14.7 Å². The summed E-state index contributed by atoms with van der Waals surface area (Å²) in [5.74, 6) is 0.205. The summed E-state index contributed by atoms with van der Waals surface area (Å²) in [5, 5.41) is 20.3. The number of aromatic nitrogens is 1. The van der Waals surface area contributed by atoms with Crippen LogP contribution in [0.2, 0.25) is 0 Å². The molecular weight excluding hydrogens is 430 g/mol. The molecule has 2 amide bonds. The fourth-order valence-corrected chi connectivity index (χ4v) is 5.01. The van der Waals surface area contributed by atoms with Crippen LogP contribution >= 0.6 is 0 Å². The van der Waals surface area contributed by atoms with Crippen LogP contribution in [-0.4, -0.2) is 53.3 Å². The number of para-hydroxylation sites is 1. The first-order valence-corrected chi connectivity index (χ1v) is 12.2. The number of anilines is 2. The van der Waals surface area contributed by atoms with Crippen LogP contribution in [0, 0.1) is 5.92 Å². The van der Waals surface area contributed by atoms with E-state index >= 15 is 0 Å². The predicted octanol–water partition coefficient (Wildman–Crippen LogP) is 2.44. The van der Waals surface area contributed by atoms with E-state index in [0.29, 0.717) is 12.2 Å². The second kappa shape index (κ2) is 11.0. The van der Waals surface area contributed by atoms with E-state index in [1.54, 1.807) is 25.1 Å². The first-order chi connectivity index (χ1) is 16.5. The van der Waals surface area contributed by atoms with E-state index in [9.17, 15) is 14.7 Å². The van der Waals surface area contributed by atoms with Gasteiger partial charge in [-0.2, -0.15) is 0 Å². The Balaban J connectivity index is 1.63. The quantitative estimate of drug-likeness (QED) is 0.446. The Morgan fingerprint density at radius 1 is 1.09 bits per heavy atom. The molecule has 1 aromatic heterocycles. The van der Waals surface area contributed by atoms with E-state index in [1.165, 1.54) is 0 Å². The molecule has 2 aliphatic rings. The van der Waals surface area contributed by atoms with Gasteiger partial charge in [-0.25, -0.2) is 4.98 Å². The lowest BCUT2D eigenvalue weighted by molar-refractivity contribution is -0.130. The molecule has 4 atom stereocenters. The highest BCUT2D eigenvalue weighted by Crippen LogP contribution is 2.35. The van der Waals surface area contributed by atoms with Gasteiger partial charge in [-0.1, -0.05) is 43.5 Å². The number of aliphatic hydroxyl groups is 1. The average Bonchev–Trinajstić information content (AvgIpc) is 3.27. The molecule has 8 heteroatoms. The van der Waals surface area contributed by atoms with Crippen molar-refractivity contribution in [1.29, 1.82) is 0 Å². The summed E-state index contributed by atoms with van der Waals surface area (Å²) in [5.41, 5.74) is 1.68. The van der Waals surface area contributed by atoms with Crippen LogP contribution in [-0.2, 0) is 16.0 Å². The highest BCUT2D eigenvalue weighted by molar-refractivity contribution is 6.01. The number of hydrogen-bond acceptors (Lipinski definition) is 6. The predicted molar refractivity (Wildman–Crippen MR) is 132 cm³/mol. The van der Waals surface area contributed by atoms with Crippen LogP contribution < -0.4 is 20.9 Å². The fraction of sp³-hybridized carbons (Fsp3) is 0.500. The molecule has 34 heavy (non-hydrogen) atoms. The van der Waals surface area contributed by atoms with Crippen molar-refractivity contribution in [2.45, 2.75) is 69.8 Å². The molecule has 0 bridgehead atoms. The van der Waals surface area contributed by atoms with Crippen LogP contribution in [0.3, 0.4) is 0 Å². The zero-order valence-electron chi connectivity index (χ0n) is 19.9. The summed E-state index contributed by atoms with van der Waals surface area (Å²) in [6.45, 7) is 1.78. The number of aliphatic hydroxyl groups excluding tert-OH is 1. The molecule has 2 aromatic rings. The zero-order valence-corrected chi connectivity index (χ0v) is 19.9. The summed E-state index contributed by atoms with van der Waals surface area (Å²) < 4.78 is 0. The lowest BCUT2D eigenvalue weighted by atomic mass is 9.83. The van der Waals surface area contributed by atoms with E-state index in [-0.39, 0.29) is 17.7 Å². The van der Waals surface area contributed by atoms with E-state index in [4.69, 9.17) is 0 Å². The lowest BCUT2D eigenvalue weighted by Crippen LogP contribution is -2.59. The maximum atomic E-state index is 14.1. The minimum absolute atomic E-state index is 0.0573. The number of nitrogens with one attached hydrogen (secondary N) is 3. The summed E-state index contributed by atoms with van der Waals surface area (Å²) in [4.78, 5) is 33.1. The SMILES string of the molecule is CN[C@@H](C)C(=O)N[C@H](C(=O)N1c2ncccc2C[C@@H]1C(O)Nc1ccccc1)C1CCCCC1. The van der Waals surface area contributed by atoms with Gasteiger partial charge in [-0.05, 0) is 56.5 Å². The minimum Gasteiger partial charge on any atom is -0.372 e. The molecule has 182 valence electrons. The van der Waals surface area contributed by atoms with Crippen molar-refractivity contribution in [2.75, 3.05) is 17.3 Å². The monoisotopic (exact) mass is 465 g/mol. The second-order valence-electron chi connectivity index (χ2n) is 9.32. The molecule has 1 aromatic carbocycles. The van der Waals surface area contributed by atoms with Gasteiger partial charge < -0.3 is 21.1 Å². The van der Waals surface area contributed by atoms with Gasteiger partial charge in [0.1, 0.15) is 18.1 Å². The Morgan fingerprint density at radius 3 is 2.53 bits per heavy atom. The molecular formula is C26H35N5O3. The van der Waals surface area contributed by atoms with E-state index in [0.717, 1.165) is 43.4 Å². The van der Waals surface area contributed by atoms with Crippen LogP contribution in [0.1, 0.15) is 44.6 Å². The number of amides is 2. The smallest absolute Gasteiger partial charge is 0.251 e. The van der Waals surface area contributed by atoms with Crippen LogP contribution in [0.4, 0.5) is 11.5 Å². The second-order valence-corrected chi connectivity index (χ2v) is 9.32. The number of nitrogens with zero attached hydrogens (tertiary/aromatic N) is 2. The molecule has 8 nitrogen and oxygen atoms in total. The molecule has 1 unspecified atom stereocenters. The van der Waals surface area contributed by atoms with Gasteiger partial charge in [-0.3, -0.25) is 14.5 Å². The van der Waals surface area contributed by atoms with Gasteiger partial charge in [0.05, 0.1) is 12.1 Å². The third-order valence-corrected chi connectivity index (χ3v) is 7.06. The summed E-state index contributed by atoms with van der Waals surface area (Å²) in [6.07, 6.45) is 6.16. The maximum Gasteiger partial charge on any atom is 0.251 e. The van der Waals surface area contributed by atoms with Gasteiger partial charge >= 0.3 is 0 Å². The molecule has 1 saturated carbocycles. The number of carbonyl (C=O) groups is 2. The third kappa shape index (κ3) is 5.23. The van der Waals surface area contributed by atoms with Gasteiger partial charge in [0.25, 0.3) is 5.91 Å². The molecule has 1 fully saturated rings. The number of benzene rings is 1. The molecule has 2 heterocycles. The Morgan fingerprint density at radius 2 is 1.82 bits per heavy atom. The zero-order chi connectivity index (χ0) is 24.1. The number of fused-ring (bicyclic) bond motifs is 1. The van der Waals surface area contributed by atoms with Crippen molar-refractivity contribution in [3.05, 3.63) is 54.2 Å². The van der Waals surface area contributed by atoms with Gasteiger partial charge in [0, 0.05) is 18.3 Å². The summed E-state index contributed by atoms with van der Waals surface area (Å²) in [7, 11) is 1.73. The van der Waals surface area contributed by atoms with Crippen molar-refractivity contribution in [3.63, 3.8) is 0 Å². The Labute approximate surface area is 201 Å².